The molecule has 0 fully saturated rings. The summed E-state index contributed by atoms with van der Waals surface area (Å²) >= 11 is 0. The summed E-state index contributed by atoms with van der Waals surface area (Å²) in [7, 11) is 0. The van der Waals surface area contributed by atoms with Crippen LogP contribution in [0.2, 0.25) is 0 Å². The van der Waals surface area contributed by atoms with E-state index in [4.69, 9.17) is 4.74 Å². The van der Waals surface area contributed by atoms with Crippen molar-refractivity contribution in [2.24, 2.45) is 0 Å². The van der Waals surface area contributed by atoms with E-state index in [0.29, 0.717) is 0 Å². The lowest BCUT2D eigenvalue weighted by Gasteiger charge is -2.28. The average molecular weight is 385 g/mol. The standard InChI is InChI=1S/C22H27NO5/c1-22(2,3)28-21(27)23-18(19(24)20(25)26)14-17(15-10-6-4-7-11-15)16-12-8-5-9-13-16/h4-13,17-19,24H,14H2,1-3H3,(H,23,27)(H,25,26)/t18-,19+/m1/s1. The summed E-state index contributed by atoms with van der Waals surface area (Å²) in [5, 5.41) is 22.0. The Labute approximate surface area is 165 Å². The number of ether oxygens (including phenoxy) is 1. The van der Waals surface area contributed by atoms with Gasteiger partial charge in [0.15, 0.2) is 6.10 Å². The lowest BCUT2D eigenvalue weighted by Crippen LogP contribution is -2.49. The molecular weight excluding hydrogens is 358 g/mol. The number of aliphatic carboxylic acids is 1. The zero-order valence-electron chi connectivity index (χ0n) is 16.3. The number of hydrogen-bond acceptors (Lipinski definition) is 4. The summed E-state index contributed by atoms with van der Waals surface area (Å²) in [5.74, 6) is -1.61. The topological polar surface area (TPSA) is 95.9 Å². The summed E-state index contributed by atoms with van der Waals surface area (Å²) in [6, 6.07) is 18.1. The van der Waals surface area contributed by atoms with Gasteiger partial charge < -0.3 is 20.3 Å². The zero-order valence-corrected chi connectivity index (χ0v) is 16.3. The van der Waals surface area contributed by atoms with Crippen LogP contribution in [-0.4, -0.2) is 40.0 Å². The lowest BCUT2D eigenvalue weighted by molar-refractivity contribution is -0.148. The average Bonchev–Trinajstić information content (AvgIpc) is 2.64. The van der Waals surface area contributed by atoms with Gasteiger partial charge in [0.25, 0.3) is 0 Å². The van der Waals surface area contributed by atoms with Crippen molar-refractivity contribution in [3.63, 3.8) is 0 Å². The zero-order chi connectivity index (χ0) is 20.7. The molecule has 3 N–H and O–H groups in total. The van der Waals surface area contributed by atoms with Crippen molar-refractivity contribution in [1.82, 2.24) is 5.32 Å². The van der Waals surface area contributed by atoms with Crippen LogP contribution in [0, 0.1) is 0 Å². The van der Waals surface area contributed by atoms with Gasteiger partial charge in [0.2, 0.25) is 0 Å². The molecule has 0 bridgehead atoms. The molecule has 6 nitrogen and oxygen atoms in total. The van der Waals surface area contributed by atoms with Gasteiger partial charge >= 0.3 is 12.1 Å². The summed E-state index contributed by atoms with van der Waals surface area (Å²) < 4.78 is 5.24. The van der Waals surface area contributed by atoms with Gasteiger partial charge in [0.05, 0.1) is 6.04 Å². The Morgan fingerprint density at radius 2 is 1.43 bits per heavy atom. The van der Waals surface area contributed by atoms with Crippen molar-refractivity contribution >= 4 is 12.1 Å². The van der Waals surface area contributed by atoms with Gasteiger partial charge in [-0.2, -0.15) is 0 Å². The number of hydrogen-bond donors (Lipinski definition) is 3. The second-order valence-corrected chi connectivity index (χ2v) is 7.65. The fourth-order valence-electron chi connectivity index (χ4n) is 2.99. The first-order chi connectivity index (χ1) is 13.2. The third-order valence-electron chi connectivity index (χ3n) is 4.23. The van der Waals surface area contributed by atoms with E-state index in [2.05, 4.69) is 5.32 Å². The molecule has 150 valence electrons. The molecule has 1 amide bonds. The van der Waals surface area contributed by atoms with Crippen molar-refractivity contribution in [3.05, 3.63) is 71.8 Å². The van der Waals surface area contributed by atoms with E-state index in [9.17, 15) is 19.8 Å². The highest BCUT2D eigenvalue weighted by atomic mass is 16.6. The Kier molecular flexibility index (Phi) is 7.18. The second kappa shape index (κ2) is 9.37. The first-order valence-electron chi connectivity index (χ1n) is 9.17. The molecule has 0 heterocycles. The molecule has 2 rings (SSSR count). The van der Waals surface area contributed by atoms with Crippen LogP contribution in [-0.2, 0) is 9.53 Å². The van der Waals surface area contributed by atoms with Crippen LogP contribution >= 0.6 is 0 Å². The van der Waals surface area contributed by atoms with Gasteiger partial charge in [0.1, 0.15) is 5.60 Å². The highest BCUT2D eigenvalue weighted by molar-refractivity contribution is 5.75. The Morgan fingerprint density at radius 1 is 0.964 bits per heavy atom. The number of carboxylic acids is 1. The van der Waals surface area contributed by atoms with Gasteiger partial charge in [-0.25, -0.2) is 9.59 Å². The van der Waals surface area contributed by atoms with E-state index in [0.717, 1.165) is 11.1 Å². The predicted octanol–water partition coefficient (Wildman–Crippen LogP) is 3.55. The Morgan fingerprint density at radius 3 is 1.82 bits per heavy atom. The van der Waals surface area contributed by atoms with E-state index in [1.54, 1.807) is 20.8 Å². The lowest BCUT2D eigenvalue weighted by atomic mass is 9.84. The van der Waals surface area contributed by atoms with Crippen molar-refractivity contribution in [2.45, 2.75) is 50.9 Å². The first kappa shape index (κ1) is 21.4. The highest BCUT2D eigenvalue weighted by Gasteiger charge is 2.32. The quantitative estimate of drug-likeness (QED) is 0.677. The fraction of sp³-hybridized carbons (Fsp3) is 0.364. The minimum Gasteiger partial charge on any atom is -0.479 e. The number of alkyl carbamates (subject to hydrolysis) is 1. The molecule has 0 radical (unpaired) electrons. The molecule has 0 saturated heterocycles. The number of nitrogens with one attached hydrogen (secondary N) is 1. The molecular formula is C22H27NO5. The molecule has 0 unspecified atom stereocenters. The molecule has 2 atom stereocenters. The number of aliphatic hydroxyl groups is 1. The number of carboxylic acid groups (broad SMARTS) is 1. The van der Waals surface area contributed by atoms with Crippen LogP contribution in [0.25, 0.3) is 0 Å². The summed E-state index contributed by atoms with van der Waals surface area (Å²) in [6.07, 6.45) is -2.33. The van der Waals surface area contributed by atoms with Crippen molar-refractivity contribution in [2.75, 3.05) is 0 Å². The van der Waals surface area contributed by atoms with Crippen LogP contribution in [0.1, 0.15) is 44.2 Å². The van der Waals surface area contributed by atoms with Crippen LogP contribution in [0.5, 0.6) is 0 Å². The monoisotopic (exact) mass is 385 g/mol. The van der Waals surface area contributed by atoms with Crippen LogP contribution in [0.3, 0.4) is 0 Å². The van der Waals surface area contributed by atoms with Gasteiger partial charge in [-0.1, -0.05) is 60.7 Å². The number of carbonyl (C=O) groups excluding carboxylic acids is 1. The summed E-state index contributed by atoms with van der Waals surface area (Å²) in [6.45, 7) is 5.14. The first-order valence-corrected chi connectivity index (χ1v) is 9.17. The maximum absolute atomic E-state index is 12.2. The number of amides is 1. The maximum Gasteiger partial charge on any atom is 0.407 e. The largest absolute Gasteiger partial charge is 0.479 e. The van der Waals surface area contributed by atoms with E-state index < -0.39 is 29.8 Å². The minimum absolute atomic E-state index is 0.195. The highest BCUT2D eigenvalue weighted by Crippen LogP contribution is 2.30. The number of aliphatic hydroxyl groups excluding tert-OH is 1. The van der Waals surface area contributed by atoms with Gasteiger partial charge in [-0.15, -0.1) is 0 Å². The van der Waals surface area contributed by atoms with Gasteiger partial charge in [-0.3, -0.25) is 0 Å². The molecule has 0 aliphatic carbocycles. The van der Waals surface area contributed by atoms with Crippen molar-refractivity contribution < 1.29 is 24.5 Å². The third-order valence-corrected chi connectivity index (χ3v) is 4.23. The van der Waals surface area contributed by atoms with Crippen LogP contribution < -0.4 is 5.32 Å². The molecule has 0 saturated carbocycles. The van der Waals surface area contributed by atoms with E-state index in [-0.39, 0.29) is 12.3 Å². The fourth-order valence-corrected chi connectivity index (χ4v) is 2.99. The van der Waals surface area contributed by atoms with E-state index >= 15 is 0 Å². The van der Waals surface area contributed by atoms with Crippen LogP contribution in [0.4, 0.5) is 4.79 Å². The van der Waals surface area contributed by atoms with Crippen molar-refractivity contribution in [3.8, 4) is 0 Å². The number of rotatable bonds is 7. The maximum atomic E-state index is 12.2. The van der Waals surface area contributed by atoms with Gasteiger partial charge in [0, 0.05) is 5.92 Å². The predicted molar refractivity (Wildman–Crippen MR) is 106 cm³/mol. The molecule has 28 heavy (non-hydrogen) atoms. The van der Waals surface area contributed by atoms with Gasteiger partial charge in [-0.05, 0) is 38.3 Å². The third kappa shape index (κ3) is 6.39. The molecule has 0 aliphatic heterocycles. The Bertz CT molecular complexity index is 731. The number of carbonyl (C=O) groups is 2. The molecule has 0 spiro atoms. The molecule has 6 heteroatoms. The van der Waals surface area contributed by atoms with Crippen LogP contribution in [0.15, 0.2) is 60.7 Å². The smallest absolute Gasteiger partial charge is 0.407 e. The molecule has 0 aromatic heterocycles. The molecule has 2 aromatic carbocycles. The molecule has 2 aromatic rings. The summed E-state index contributed by atoms with van der Waals surface area (Å²) in [4.78, 5) is 23.6. The Hall–Kier alpha value is -2.86. The van der Waals surface area contributed by atoms with E-state index in [1.165, 1.54) is 0 Å². The Balaban J connectivity index is 2.32. The second-order valence-electron chi connectivity index (χ2n) is 7.65. The normalized spacial score (nSPS) is 13.6. The minimum atomic E-state index is -1.76. The molecule has 0 aliphatic rings. The number of benzene rings is 2. The summed E-state index contributed by atoms with van der Waals surface area (Å²) in [5.41, 5.74) is 1.19. The van der Waals surface area contributed by atoms with E-state index in [1.807, 2.05) is 60.7 Å². The SMILES string of the molecule is CC(C)(C)OC(=O)N[C@H](CC(c1ccccc1)c1ccccc1)[C@H](O)C(=O)O. The van der Waals surface area contributed by atoms with Crippen molar-refractivity contribution in [1.29, 1.82) is 0 Å².